The van der Waals surface area contributed by atoms with E-state index in [1.165, 1.54) is 28.2 Å². The molecular formula is C17H24N2O5S2. The van der Waals surface area contributed by atoms with Gasteiger partial charge in [0.1, 0.15) is 6.04 Å². The summed E-state index contributed by atoms with van der Waals surface area (Å²) in [5.41, 5.74) is 0. The minimum absolute atomic E-state index is 0.126. The van der Waals surface area contributed by atoms with Crippen molar-refractivity contribution in [1.82, 2.24) is 9.21 Å². The lowest BCUT2D eigenvalue weighted by Gasteiger charge is -2.28. The zero-order chi connectivity index (χ0) is 18.7. The van der Waals surface area contributed by atoms with Crippen LogP contribution in [-0.2, 0) is 14.8 Å². The van der Waals surface area contributed by atoms with Crippen LogP contribution in [0, 0.1) is 0 Å². The van der Waals surface area contributed by atoms with Crippen molar-refractivity contribution in [2.24, 2.45) is 0 Å². The second kappa shape index (κ2) is 8.06. The van der Waals surface area contributed by atoms with Crippen LogP contribution in [0.15, 0.2) is 23.1 Å². The molecule has 1 aromatic rings. The van der Waals surface area contributed by atoms with Crippen LogP contribution in [0.25, 0.3) is 0 Å². The SMILES string of the molecule is CCN(CC)C(=O)[C@H]1CSCN1S(=O)(=O)c1ccc2c(c1)OCCCO2. The number of benzene rings is 1. The molecule has 0 aromatic heterocycles. The number of nitrogens with zero attached hydrogens (tertiary/aromatic N) is 2. The van der Waals surface area contributed by atoms with Gasteiger partial charge in [-0.15, -0.1) is 11.8 Å². The van der Waals surface area contributed by atoms with Gasteiger partial charge in [0.05, 0.1) is 24.0 Å². The number of fused-ring (bicyclic) bond motifs is 1. The van der Waals surface area contributed by atoms with Gasteiger partial charge in [-0.05, 0) is 26.0 Å². The molecule has 0 aliphatic carbocycles. The number of hydrogen-bond acceptors (Lipinski definition) is 6. The van der Waals surface area contributed by atoms with Crippen LogP contribution in [0.2, 0.25) is 0 Å². The van der Waals surface area contributed by atoms with Crippen molar-refractivity contribution in [3.05, 3.63) is 18.2 Å². The Morgan fingerprint density at radius 2 is 1.92 bits per heavy atom. The number of ether oxygens (including phenoxy) is 2. The second-order valence-electron chi connectivity index (χ2n) is 6.08. The monoisotopic (exact) mass is 400 g/mol. The summed E-state index contributed by atoms with van der Waals surface area (Å²) < 4.78 is 38.8. The lowest BCUT2D eigenvalue weighted by atomic mass is 10.3. The topological polar surface area (TPSA) is 76.2 Å². The van der Waals surface area contributed by atoms with Gasteiger partial charge in [0.25, 0.3) is 0 Å². The van der Waals surface area contributed by atoms with E-state index in [9.17, 15) is 13.2 Å². The number of carbonyl (C=O) groups is 1. The zero-order valence-electron chi connectivity index (χ0n) is 15.0. The summed E-state index contributed by atoms with van der Waals surface area (Å²) in [5.74, 6) is 1.58. The number of likely N-dealkylation sites (N-methyl/N-ethyl adjacent to an activating group) is 1. The molecule has 2 heterocycles. The lowest BCUT2D eigenvalue weighted by Crippen LogP contribution is -2.48. The van der Waals surface area contributed by atoms with Crippen molar-refractivity contribution in [3.8, 4) is 11.5 Å². The van der Waals surface area contributed by atoms with Crippen LogP contribution in [0.3, 0.4) is 0 Å². The normalized spacial score (nSPS) is 20.6. The maximum atomic E-state index is 13.2. The average molecular weight is 401 g/mol. The molecule has 0 saturated carbocycles. The molecule has 1 fully saturated rings. The molecule has 0 radical (unpaired) electrons. The largest absolute Gasteiger partial charge is 0.490 e. The van der Waals surface area contributed by atoms with E-state index in [1.807, 2.05) is 13.8 Å². The van der Waals surface area contributed by atoms with E-state index in [0.717, 1.165) is 6.42 Å². The minimum atomic E-state index is -3.80. The first-order valence-electron chi connectivity index (χ1n) is 8.77. The average Bonchev–Trinajstić information content (AvgIpc) is 3.02. The van der Waals surface area contributed by atoms with Crippen LogP contribution in [-0.4, -0.2) is 67.5 Å². The summed E-state index contributed by atoms with van der Waals surface area (Å²) in [6.07, 6.45) is 0.750. The maximum absolute atomic E-state index is 13.2. The van der Waals surface area contributed by atoms with E-state index in [-0.39, 0.29) is 16.7 Å². The van der Waals surface area contributed by atoms with Crippen molar-refractivity contribution in [3.63, 3.8) is 0 Å². The Kier molecular flexibility index (Phi) is 5.99. The molecule has 3 rings (SSSR count). The third-order valence-electron chi connectivity index (χ3n) is 4.53. The molecule has 0 N–H and O–H groups in total. The Morgan fingerprint density at radius 1 is 1.23 bits per heavy atom. The molecule has 0 bridgehead atoms. The fourth-order valence-electron chi connectivity index (χ4n) is 3.04. The van der Waals surface area contributed by atoms with E-state index in [0.29, 0.717) is 43.6 Å². The fraction of sp³-hybridized carbons (Fsp3) is 0.588. The van der Waals surface area contributed by atoms with Crippen LogP contribution in [0.1, 0.15) is 20.3 Å². The highest BCUT2D eigenvalue weighted by atomic mass is 32.2. The molecule has 2 aliphatic heterocycles. The molecule has 1 saturated heterocycles. The Morgan fingerprint density at radius 3 is 2.62 bits per heavy atom. The molecule has 2 aliphatic rings. The Hall–Kier alpha value is -1.45. The molecule has 1 aromatic carbocycles. The number of thioether (sulfide) groups is 1. The quantitative estimate of drug-likeness (QED) is 0.750. The van der Waals surface area contributed by atoms with Gasteiger partial charge in [-0.25, -0.2) is 8.42 Å². The molecule has 144 valence electrons. The predicted molar refractivity (Wildman–Crippen MR) is 100 cm³/mol. The Balaban J connectivity index is 1.89. The van der Waals surface area contributed by atoms with Crippen LogP contribution in [0.4, 0.5) is 0 Å². The minimum Gasteiger partial charge on any atom is -0.490 e. The van der Waals surface area contributed by atoms with E-state index in [1.54, 1.807) is 11.0 Å². The van der Waals surface area contributed by atoms with Gasteiger partial charge in [-0.3, -0.25) is 4.79 Å². The van der Waals surface area contributed by atoms with Crippen molar-refractivity contribution >= 4 is 27.7 Å². The first-order valence-corrected chi connectivity index (χ1v) is 11.4. The highest BCUT2D eigenvalue weighted by Gasteiger charge is 2.41. The predicted octanol–water partition coefficient (Wildman–Crippen LogP) is 1.78. The number of carbonyl (C=O) groups excluding carboxylic acids is 1. The summed E-state index contributed by atoms with van der Waals surface area (Å²) >= 11 is 1.45. The van der Waals surface area contributed by atoms with Gasteiger partial charge in [0.2, 0.25) is 15.9 Å². The standard InChI is InChI=1S/C17H24N2O5S2/c1-3-18(4-2)17(20)14-11-25-12-19(14)26(21,22)13-6-7-15-16(10-13)24-9-5-8-23-15/h6-7,10,14H,3-5,8-9,11-12H2,1-2H3/t14-/m1/s1. The first kappa shape index (κ1) is 19.3. The highest BCUT2D eigenvalue weighted by molar-refractivity contribution is 8.00. The van der Waals surface area contributed by atoms with Crippen LogP contribution in [0.5, 0.6) is 11.5 Å². The molecule has 0 spiro atoms. The third-order valence-corrected chi connectivity index (χ3v) is 7.55. The van der Waals surface area contributed by atoms with E-state index >= 15 is 0 Å². The summed E-state index contributed by atoms with van der Waals surface area (Å²) in [6, 6.07) is 3.97. The van der Waals surface area contributed by atoms with Gasteiger partial charge >= 0.3 is 0 Å². The highest BCUT2D eigenvalue weighted by Crippen LogP contribution is 2.35. The fourth-order valence-corrected chi connectivity index (χ4v) is 6.19. The second-order valence-corrected chi connectivity index (χ2v) is 8.97. The molecule has 26 heavy (non-hydrogen) atoms. The van der Waals surface area contributed by atoms with Gasteiger partial charge in [0.15, 0.2) is 11.5 Å². The van der Waals surface area contributed by atoms with Gasteiger partial charge in [-0.2, -0.15) is 4.31 Å². The van der Waals surface area contributed by atoms with Crippen molar-refractivity contribution in [1.29, 1.82) is 0 Å². The van der Waals surface area contributed by atoms with Gasteiger partial charge in [-0.1, -0.05) is 0 Å². The Labute approximate surface area is 158 Å². The van der Waals surface area contributed by atoms with Crippen molar-refractivity contribution < 1.29 is 22.7 Å². The van der Waals surface area contributed by atoms with Gasteiger partial charge in [0, 0.05) is 31.3 Å². The number of rotatable bonds is 5. The number of sulfonamides is 1. The summed E-state index contributed by atoms with van der Waals surface area (Å²) in [6.45, 7) is 5.95. The van der Waals surface area contributed by atoms with Crippen molar-refractivity contribution in [2.75, 3.05) is 37.9 Å². The molecule has 9 heteroatoms. The summed E-state index contributed by atoms with van der Waals surface area (Å²) in [7, 11) is -3.80. The summed E-state index contributed by atoms with van der Waals surface area (Å²) in [4.78, 5) is 14.5. The number of hydrogen-bond donors (Lipinski definition) is 0. The molecule has 7 nitrogen and oxygen atoms in total. The number of amides is 1. The van der Waals surface area contributed by atoms with Crippen molar-refractivity contribution in [2.45, 2.75) is 31.2 Å². The summed E-state index contributed by atoms with van der Waals surface area (Å²) in [5, 5.41) is 0. The zero-order valence-corrected chi connectivity index (χ0v) is 16.6. The van der Waals surface area contributed by atoms with Crippen LogP contribution >= 0.6 is 11.8 Å². The van der Waals surface area contributed by atoms with E-state index in [4.69, 9.17) is 9.47 Å². The molecule has 0 unspecified atom stereocenters. The molecule has 1 amide bonds. The Bertz CT molecular complexity index is 764. The molecule has 1 atom stereocenters. The smallest absolute Gasteiger partial charge is 0.244 e. The maximum Gasteiger partial charge on any atom is 0.244 e. The first-order chi connectivity index (χ1) is 12.5. The van der Waals surface area contributed by atoms with Gasteiger partial charge < -0.3 is 14.4 Å². The van der Waals surface area contributed by atoms with E-state index < -0.39 is 16.1 Å². The lowest BCUT2D eigenvalue weighted by molar-refractivity contribution is -0.133. The van der Waals surface area contributed by atoms with E-state index in [2.05, 4.69) is 0 Å². The third kappa shape index (κ3) is 3.65. The van der Waals surface area contributed by atoms with Crippen LogP contribution < -0.4 is 9.47 Å². The molecular weight excluding hydrogens is 376 g/mol.